The number of ether oxygens (including phenoxy) is 1. The van der Waals surface area contributed by atoms with Crippen molar-refractivity contribution in [2.24, 2.45) is 0 Å². The summed E-state index contributed by atoms with van der Waals surface area (Å²) in [6.45, 7) is -0.0355. The largest absolute Gasteiger partial charge is 0.470 e. The molecule has 0 aliphatic heterocycles. The number of aldehydes is 1. The maximum absolute atomic E-state index is 10.3. The van der Waals surface area contributed by atoms with Crippen molar-refractivity contribution in [3.8, 4) is 5.88 Å². The number of carbonyl (C=O) groups excluding carboxylic acids is 1. The molecule has 0 N–H and O–H groups in total. The normalized spacial score (nSPS) is 9.67. The van der Waals surface area contributed by atoms with Crippen LogP contribution in [0.1, 0.15) is 0 Å². The standard InChI is InChI=1S/C7H6NO3P/c9-4-5-11-6-2-1-3-7(8-6)12-10/h1-4H,5H2. The number of nitrogens with zero attached hydrogens (tertiary/aromatic N) is 1. The van der Waals surface area contributed by atoms with Crippen molar-refractivity contribution in [2.75, 3.05) is 6.61 Å². The minimum absolute atomic E-state index is 0.0355. The molecule has 0 saturated carbocycles. The van der Waals surface area contributed by atoms with Crippen LogP contribution in [0.2, 0.25) is 0 Å². The molecule has 0 unspecified atom stereocenters. The third kappa shape index (κ3) is 2.40. The van der Waals surface area contributed by atoms with Crippen LogP contribution in [0.3, 0.4) is 0 Å². The topological polar surface area (TPSA) is 56.3 Å². The summed E-state index contributed by atoms with van der Waals surface area (Å²) in [5.41, 5.74) is 0.387. The Kier molecular flexibility index (Phi) is 3.35. The zero-order valence-corrected chi connectivity index (χ0v) is 7.03. The van der Waals surface area contributed by atoms with Gasteiger partial charge in [-0.2, -0.15) is 0 Å². The average Bonchev–Trinajstić information content (AvgIpc) is 2.15. The first-order valence-electron chi connectivity index (χ1n) is 3.23. The molecule has 0 aromatic carbocycles. The van der Waals surface area contributed by atoms with Gasteiger partial charge in [-0.05, 0) is 6.07 Å². The first-order chi connectivity index (χ1) is 5.86. The Morgan fingerprint density at radius 1 is 1.58 bits per heavy atom. The molecule has 4 nitrogen and oxygen atoms in total. The van der Waals surface area contributed by atoms with Gasteiger partial charge in [0.05, 0.1) is 0 Å². The summed E-state index contributed by atoms with van der Waals surface area (Å²) in [6.07, 6.45) is 0.628. The second kappa shape index (κ2) is 4.57. The SMILES string of the molecule is O=CCOc1cccc(P=O)n1. The smallest absolute Gasteiger partial charge is 0.214 e. The van der Waals surface area contributed by atoms with Crippen LogP contribution in [0, 0.1) is 0 Å². The molecule has 1 aromatic rings. The second-order valence-electron chi connectivity index (χ2n) is 1.90. The number of aromatic nitrogens is 1. The summed E-state index contributed by atoms with van der Waals surface area (Å²) < 4.78 is 15.2. The molecule has 0 amide bonds. The van der Waals surface area contributed by atoms with E-state index in [2.05, 4.69) is 4.98 Å². The molecule has 1 rings (SSSR count). The van der Waals surface area contributed by atoms with Gasteiger partial charge in [0.15, 0.2) is 6.29 Å². The lowest BCUT2D eigenvalue weighted by Gasteiger charge is -1.99. The average molecular weight is 183 g/mol. The fourth-order valence-electron chi connectivity index (χ4n) is 0.655. The van der Waals surface area contributed by atoms with Gasteiger partial charge in [0.25, 0.3) is 0 Å². The van der Waals surface area contributed by atoms with E-state index in [1.807, 2.05) is 0 Å². The van der Waals surface area contributed by atoms with Crippen molar-refractivity contribution in [1.29, 1.82) is 0 Å². The van der Waals surface area contributed by atoms with Crippen LogP contribution >= 0.6 is 8.46 Å². The van der Waals surface area contributed by atoms with E-state index in [1.165, 1.54) is 0 Å². The number of hydrogen-bond donors (Lipinski definition) is 0. The molecule has 0 aliphatic carbocycles. The zero-order chi connectivity index (χ0) is 8.81. The van der Waals surface area contributed by atoms with Crippen LogP contribution in [0.5, 0.6) is 5.88 Å². The predicted molar refractivity (Wildman–Crippen MR) is 43.0 cm³/mol. The van der Waals surface area contributed by atoms with Crippen LogP contribution in [-0.4, -0.2) is 17.9 Å². The number of rotatable bonds is 4. The van der Waals surface area contributed by atoms with Crippen LogP contribution in [-0.2, 0) is 9.36 Å². The summed E-state index contributed by atoms with van der Waals surface area (Å²) in [5.74, 6) is 0.308. The third-order valence-corrected chi connectivity index (χ3v) is 1.54. The van der Waals surface area contributed by atoms with Gasteiger partial charge in [0.2, 0.25) is 14.3 Å². The quantitative estimate of drug-likeness (QED) is 0.506. The van der Waals surface area contributed by atoms with Gasteiger partial charge in [-0.3, -0.25) is 9.36 Å². The molecule has 5 heteroatoms. The fourth-order valence-corrected chi connectivity index (χ4v) is 0.941. The lowest BCUT2D eigenvalue weighted by atomic mass is 10.5. The zero-order valence-electron chi connectivity index (χ0n) is 6.14. The van der Waals surface area contributed by atoms with Crippen LogP contribution in [0.4, 0.5) is 0 Å². The first kappa shape index (κ1) is 8.81. The van der Waals surface area contributed by atoms with Crippen molar-refractivity contribution in [1.82, 2.24) is 4.98 Å². The Labute approximate surface area is 70.8 Å². The van der Waals surface area contributed by atoms with E-state index in [1.54, 1.807) is 18.2 Å². The molecule has 1 heterocycles. The Morgan fingerprint density at radius 2 is 2.42 bits per heavy atom. The van der Waals surface area contributed by atoms with E-state index >= 15 is 0 Å². The number of carbonyl (C=O) groups is 1. The number of hydrogen-bond acceptors (Lipinski definition) is 4. The molecule has 0 saturated heterocycles. The molecular formula is C7H6NO3P. The molecule has 0 radical (unpaired) electrons. The van der Waals surface area contributed by atoms with E-state index in [0.717, 1.165) is 0 Å². The van der Waals surface area contributed by atoms with Crippen LogP contribution < -0.4 is 10.2 Å². The molecule has 1 aromatic heterocycles. The summed E-state index contributed by atoms with van der Waals surface area (Å²) in [6, 6.07) is 4.86. The molecule has 0 spiro atoms. The summed E-state index contributed by atoms with van der Waals surface area (Å²) in [5, 5.41) is 0. The second-order valence-corrected chi connectivity index (χ2v) is 2.54. The van der Waals surface area contributed by atoms with Crippen molar-refractivity contribution >= 4 is 20.2 Å². The minimum Gasteiger partial charge on any atom is -0.470 e. The number of pyridine rings is 1. The highest BCUT2D eigenvalue weighted by atomic mass is 31.1. The predicted octanol–water partition coefficient (Wildman–Crippen LogP) is 0.576. The molecular weight excluding hydrogens is 177 g/mol. The summed E-state index contributed by atoms with van der Waals surface area (Å²) in [4.78, 5) is 13.7. The first-order valence-corrected chi connectivity index (χ1v) is 4.05. The van der Waals surface area contributed by atoms with E-state index in [4.69, 9.17) is 4.74 Å². The lowest BCUT2D eigenvalue weighted by molar-refractivity contribution is -0.109. The van der Waals surface area contributed by atoms with Crippen LogP contribution in [0.25, 0.3) is 0 Å². The molecule has 62 valence electrons. The lowest BCUT2D eigenvalue weighted by Crippen LogP contribution is -2.04. The molecule has 12 heavy (non-hydrogen) atoms. The monoisotopic (exact) mass is 183 g/mol. The van der Waals surface area contributed by atoms with Crippen molar-refractivity contribution < 1.29 is 14.1 Å². The highest BCUT2D eigenvalue weighted by molar-refractivity contribution is 7.33. The Balaban J connectivity index is 2.72. The summed E-state index contributed by atoms with van der Waals surface area (Å²) >= 11 is 0. The van der Waals surface area contributed by atoms with Crippen LogP contribution in [0.15, 0.2) is 18.2 Å². The Morgan fingerprint density at radius 3 is 3.08 bits per heavy atom. The van der Waals surface area contributed by atoms with E-state index < -0.39 is 0 Å². The molecule has 0 bridgehead atoms. The van der Waals surface area contributed by atoms with Gasteiger partial charge >= 0.3 is 0 Å². The Hall–Kier alpha value is -1.28. The summed E-state index contributed by atoms with van der Waals surface area (Å²) in [7, 11) is -0.155. The van der Waals surface area contributed by atoms with Gasteiger partial charge in [0.1, 0.15) is 12.0 Å². The van der Waals surface area contributed by atoms with E-state index in [-0.39, 0.29) is 15.1 Å². The van der Waals surface area contributed by atoms with E-state index in [9.17, 15) is 9.36 Å². The Bertz CT molecular complexity index is 290. The van der Waals surface area contributed by atoms with Gasteiger partial charge in [-0.25, -0.2) is 4.98 Å². The molecule has 0 atom stereocenters. The van der Waals surface area contributed by atoms with E-state index in [0.29, 0.717) is 17.6 Å². The van der Waals surface area contributed by atoms with Gasteiger partial charge in [-0.1, -0.05) is 6.07 Å². The maximum atomic E-state index is 10.3. The van der Waals surface area contributed by atoms with Crippen molar-refractivity contribution in [2.45, 2.75) is 0 Å². The van der Waals surface area contributed by atoms with Gasteiger partial charge < -0.3 is 4.74 Å². The highest BCUT2D eigenvalue weighted by Gasteiger charge is 1.96. The van der Waals surface area contributed by atoms with Gasteiger partial charge in [-0.15, -0.1) is 0 Å². The molecule has 0 fully saturated rings. The third-order valence-electron chi connectivity index (χ3n) is 1.10. The van der Waals surface area contributed by atoms with Gasteiger partial charge in [0, 0.05) is 6.07 Å². The minimum atomic E-state index is -0.155. The maximum Gasteiger partial charge on any atom is 0.214 e. The van der Waals surface area contributed by atoms with Crippen molar-refractivity contribution in [3.05, 3.63) is 18.2 Å². The fraction of sp³-hybridized carbons (Fsp3) is 0.143. The highest BCUT2D eigenvalue weighted by Crippen LogP contribution is 2.04. The molecule has 0 aliphatic rings. The van der Waals surface area contributed by atoms with Crippen molar-refractivity contribution in [3.63, 3.8) is 0 Å².